The van der Waals surface area contributed by atoms with Crippen LogP contribution in [0.1, 0.15) is 39.5 Å². The van der Waals surface area contributed by atoms with E-state index in [1.54, 1.807) is 0 Å². The Balaban J connectivity index is 2.70. The van der Waals surface area contributed by atoms with Gasteiger partial charge in [-0.2, -0.15) is 13.2 Å². The number of hydrogen-bond acceptors (Lipinski definition) is 3. The summed E-state index contributed by atoms with van der Waals surface area (Å²) in [6.07, 6.45) is -1.20. The Morgan fingerprint density at radius 2 is 1.68 bits per heavy atom. The van der Waals surface area contributed by atoms with E-state index in [2.05, 4.69) is 5.32 Å². The summed E-state index contributed by atoms with van der Waals surface area (Å²) in [7, 11) is -3.30. The molecule has 1 fully saturated rings. The van der Waals surface area contributed by atoms with Gasteiger partial charge in [0.15, 0.2) is 9.84 Å². The summed E-state index contributed by atoms with van der Waals surface area (Å²) in [5, 5.41) is 2.83. The van der Waals surface area contributed by atoms with Crippen LogP contribution in [0.15, 0.2) is 0 Å². The Morgan fingerprint density at radius 1 is 1.16 bits per heavy atom. The van der Waals surface area contributed by atoms with Gasteiger partial charge in [-0.15, -0.1) is 0 Å². The molecule has 0 aromatic carbocycles. The quantitative estimate of drug-likeness (QED) is 0.868. The largest absolute Gasteiger partial charge is 0.393 e. The molecule has 0 aromatic rings. The Bertz CT molecular complexity index is 404. The highest BCUT2D eigenvalue weighted by molar-refractivity contribution is 7.92. The van der Waals surface area contributed by atoms with Crippen molar-refractivity contribution in [3.05, 3.63) is 0 Å². The van der Waals surface area contributed by atoms with Crippen LogP contribution in [0.5, 0.6) is 0 Å². The lowest BCUT2D eigenvalue weighted by molar-refractivity contribution is -0.188. The monoisotopic (exact) mass is 301 g/mol. The molecule has 0 bridgehead atoms. The van der Waals surface area contributed by atoms with Gasteiger partial charge in [0, 0.05) is 18.8 Å². The van der Waals surface area contributed by atoms with Gasteiger partial charge in [-0.25, -0.2) is 8.42 Å². The van der Waals surface area contributed by atoms with Crippen molar-refractivity contribution in [2.24, 2.45) is 5.92 Å². The van der Waals surface area contributed by atoms with Crippen LogP contribution >= 0.6 is 0 Å². The van der Waals surface area contributed by atoms with E-state index in [9.17, 15) is 21.6 Å². The minimum Gasteiger partial charge on any atom is -0.312 e. The molecule has 2 unspecified atom stereocenters. The molecule has 0 amide bonds. The van der Waals surface area contributed by atoms with Crippen LogP contribution in [-0.2, 0) is 9.84 Å². The Kier molecular flexibility index (Phi) is 4.93. The summed E-state index contributed by atoms with van der Waals surface area (Å²) in [5.74, 6) is -1.36. The van der Waals surface area contributed by atoms with Crippen molar-refractivity contribution >= 4 is 9.84 Å². The number of rotatable bonds is 4. The second kappa shape index (κ2) is 5.60. The van der Waals surface area contributed by atoms with Crippen LogP contribution in [-0.4, -0.2) is 38.2 Å². The molecule has 7 heteroatoms. The normalized spacial score (nSPS) is 26.4. The summed E-state index contributed by atoms with van der Waals surface area (Å²) < 4.78 is 60.7. The average molecular weight is 301 g/mol. The summed E-state index contributed by atoms with van der Waals surface area (Å²) in [4.78, 5) is 0. The molecule has 0 spiro atoms. The molecule has 0 radical (unpaired) electrons. The molecular weight excluding hydrogens is 279 g/mol. The third-order valence-corrected chi connectivity index (χ3v) is 6.13. The van der Waals surface area contributed by atoms with Crippen LogP contribution in [0.25, 0.3) is 0 Å². The highest BCUT2D eigenvalue weighted by atomic mass is 32.2. The van der Waals surface area contributed by atoms with Gasteiger partial charge in [-0.3, -0.25) is 0 Å². The molecule has 0 aromatic heterocycles. The van der Waals surface area contributed by atoms with Crippen LogP contribution in [0.4, 0.5) is 13.2 Å². The smallest absolute Gasteiger partial charge is 0.312 e. The number of alkyl halides is 3. The van der Waals surface area contributed by atoms with Gasteiger partial charge < -0.3 is 5.32 Å². The lowest BCUT2D eigenvalue weighted by Gasteiger charge is -2.35. The topological polar surface area (TPSA) is 46.2 Å². The van der Waals surface area contributed by atoms with Crippen molar-refractivity contribution in [2.45, 2.75) is 56.5 Å². The second-order valence-electron chi connectivity index (χ2n) is 5.95. The summed E-state index contributed by atoms with van der Waals surface area (Å²) in [5.41, 5.74) is 0. The summed E-state index contributed by atoms with van der Waals surface area (Å²) in [6.45, 7) is 3.10. The van der Waals surface area contributed by atoms with Gasteiger partial charge in [-0.05, 0) is 26.7 Å². The van der Waals surface area contributed by atoms with Crippen molar-refractivity contribution in [1.29, 1.82) is 0 Å². The van der Waals surface area contributed by atoms with E-state index >= 15 is 0 Å². The maximum absolute atomic E-state index is 12.9. The Hall–Kier alpha value is -0.300. The molecule has 19 heavy (non-hydrogen) atoms. The zero-order chi connectivity index (χ0) is 14.9. The molecule has 2 atom stereocenters. The molecule has 1 saturated carbocycles. The third-order valence-electron chi connectivity index (χ3n) is 3.98. The third kappa shape index (κ3) is 4.34. The molecule has 114 valence electrons. The lowest BCUT2D eigenvalue weighted by Crippen LogP contribution is -2.51. The molecule has 1 aliphatic carbocycles. The van der Waals surface area contributed by atoms with Crippen LogP contribution < -0.4 is 5.32 Å². The zero-order valence-corrected chi connectivity index (χ0v) is 12.4. The average Bonchev–Trinajstić information content (AvgIpc) is 2.24. The Labute approximate surface area is 112 Å². The van der Waals surface area contributed by atoms with E-state index in [0.29, 0.717) is 12.8 Å². The summed E-state index contributed by atoms with van der Waals surface area (Å²) in [6, 6.07) is -0.672. The van der Waals surface area contributed by atoms with Crippen molar-refractivity contribution in [2.75, 3.05) is 12.8 Å². The van der Waals surface area contributed by atoms with Crippen molar-refractivity contribution < 1.29 is 21.6 Å². The lowest BCUT2D eigenvalue weighted by atomic mass is 9.84. The highest BCUT2D eigenvalue weighted by Gasteiger charge is 2.46. The van der Waals surface area contributed by atoms with Gasteiger partial charge >= 0.3 is 6.18 Å². The summed E-state index contributed by atoms with van der Waals surface area (Å²) >= 11 is 0. The van der Waals surface area contributed by atoms with Gasteiger partial charge in [0.05, 0.1) is 10.7 Å². The van der Waals surface area contributed by atoms with E-state index in [-0.39, 0.29) is 13.0 Å². The van der Waals surface area contributed by atoms with Crippen molar-refractivity contribution in [1.82, 2.24) is 5.32 Å². The van der Waals surface area contributed by atoms with E-state index in [0.717, 1.165) is 12.7 Å². The molecule has 0 aliphatic heterocycles. The number of hydrogen-bond donors (Lipinski definition) is 1. The fourth-order valence-corrected chi connectivity index (χ4v) is 2.62. The second-order valence-corrected chi connectivity index (χ2v) is 8.60. The van der Waals surface area contributed by atoms with Crippen molar-refractivity contribution in [3.63, 3.8) is 0 Å². The van der Waals surface area contributed by atoms with Crippen molar-refractivity contribution in [3.8, 4) is 0 Å². The molecule has 1 N–H and O–H groups in total. The van der Waals surface area contributed by atoms with E-state index in [4.69, 9.17) is 0 Å². The van der Waals surface area contributed by atoms with Crippen LogP contribution in [0, 0.1) is 5.92 Å². The predicted octanol–water partition coefficient (Wildman–Crippen LogP) is 2.52. The first-order valence-corrected chi connectivity index (χ1v) is 8.34. The van der Waals surface area contributed by atoms with Crippen LogP contribution in [0.2, 0.25) is 0 Å². The number of sulfone groups is 1. The maximum Gasteiger partial charge on any atom is 0.393 e. The minimum absolute atomic E-state index is 0.0447. The van der Waals surface area contributed by atoms with Gasteiger partial charge in [-0.1, -0.05) is 12.8 Å². The molecule has 0 heterocycles. The standard InChI is InChI=1S/C12H22F3NO2S/c1-11(2,19(3,17)18)8-16-10-7-5-4-6-9(10)12(13,14)15/h9-10,16H,4-8H2,1-3H3. The van der Waals surface area contributed by atoms with Gasteiger partial charge in [0.25, 0.3) is 0 Å². The van der Waals surface area contributed by atoms with E-state index in [1.807, 2.05) is 0 Å². The molecule has 0 saturated heterocycles. The first kappa shape index (κ1) is 16.8. The van der Waals surface area contributed by atoms with Crippen LogP contribution in [0.3, 0.4) is 0 Å². The first-order valence-electron chi connectivity index (χ1n) is 6.45. The van der Waals surface area contributed by atoms with Gasteiger partial charge in [0.1, 0.15) is 0 Å². The van der Waals surface area contributed by atoms with E-state index < -0.39 is 32.7 Å². The fraction of sp³-hybridized carbons (Fsp3) is 1.00. The van der Waals surface area contributed by atoms with E-state index in [1.165, 1.54) is 13.8 Å². The first-order chi connectivity index (χ1) is 8.45. The predicted molar refractivity (Wildman–Crippen MR) is 68.7 cm³/mol. The molecular formula is C12H22F3NO2S. The molecule has 3 nitrogen and oxygen atoms in total. The van der Waals surface area contributed by atoms with Gasteiger partial charge in [0.2, 0.25) is 0 Å². The fourth-order valence-electron chi connectivity index (χ4n) is 2.27. The molecule has 1 rings (SSSR count). The SMILES string of the molecule is CC(C)(CNC1CCCCC1C(F)(F)F)S(C)(=O)=O. The zero-order valence-electron chi connectivity index (χ0n) is 11.5. The highest BCUT2D eigenvalue weighted by Crippen LogP contribution is 2.37. The minimum atomic E-state index is -4.21. The Morgan fingerprint density at radius 3 is 2.16 bits per heavy atom. The maximum atomic E-state index is 12.9. The molecule has 1 aliphatic rings. The number of halogens is 3. The number of nitrogens with one attached hydrogen (secondary N) is 1.